The van der Waals surface area contributed by atoms with Crippen molar-refractivity contribution in [2.45, 2.75) is 54.4 Å². The second kappa shape index (κ2) is 12.6. The van der Waals surface area contributed by atoms with Crippen LogP contribution in [0.1, 0.15) is 54.4 Å². The lowest BCUT2D eigenvalue weighted by atomic mass is 9.81. The maximum absolute atomic E-state index is 11.1. The molecule has 0 aliphatic heterocycles. The minimum atomic E-state index is -0.998. The lowest BCUT2D eigenvalue weighted by Gasteiger charge is -2.23. The van der Waals surface area contributed by atoms with Gasteiger partial charge >= 0.3 is 11.9 Å². The van der Waals surface area contributed by atoms with Gasteiger partial charge in [0.25, 0.3) is 0 Å². The van der Waals surface area contributed by atoms with E-state index in [1.165, 1.54) is 0 Å². The third kappa shape index (κ3) is 12.4. The molecule has 0 radical (unpaired) electrons. The zero-order valence-corrected chi connectivity index (χ0v) is 14.3. The molecule has 2 atom stereocenters. The minimum absolute atomic E-state index is 0.190. The van der Waals surface area contributed by atoms with E-state index in [4.69, 9.17) is 10.2 Å². The molecule has 21 heavy (non-hydrogen) atoms. The molecule has 0 fully saturated rings. The summed E-state index contributed by atoms with van der Waals surface area (Å²) in [5.74, 6) is -3.17. The van der Waals surface area contributed by atoms with Gasteiger partial charge in [0, 0.05) is 0 Å². The molecule has 5 nitrogen and oxygen atoms in total. The Balaban J connectivity index is 0. The van der Waals surface area contributed by atoms with E-state index in [0.717, 1.165) is 13.1 Å². The minimum Gasteiger partial charge on any atom is -0.481 e. The molecule has 0 spiro atoms. The fourth-order valence-corrected chi connectivity index (χ4v) is 2.14. The number of carbonyl (C=O) groups is 2. The molecular formula is C16H33NO4. The summed E-state index contributed by atoms with van der Waals surface area (Å²) in [5, 5.41) is 21.3. The van der Waals surface area contributed by atoms with Gasteiger partial charge in [0.1, 0.15) is 0 Å². The molecule has 0 aliphatic carbocycles. The first-order chi connectivity index (χ1) is 9.67. The summed E-state index contributed by atoms with van der Waals surface area (Å²) < 4.78 is 0. The van der Waals surface area contributed by atoms with E-state index in [2.05, 4.69) is 19.2 Å². The summed E-state index contributed by atoms with van der Waals surface area (Å²) >= 11 is 0. The van der Waals surface area contributed by atoms with Crippen LogP contribution >= 0.6 is 0 Å². The van der Waals surface area contributed by atoms with E-state index in [9.17, 15) is 9.59 Å². The Morgan fingerprint density at radius 3 is 1.19 bits per heavy atom. The maximum Gasteiger partial charge on any atom is 0.307 e. The van der Waals surface area contributed by atoms with Gasteiger partial charge in [0.05, 0.1) is 11.8 Å². The van der Waals surface area contributed by atoms with Crippen LogP contribution in [-0.4, -0.2) is 35.2 Å². The molecule has 0 bridgehead atoms. The topological polar surface area (TPSA) is 86.6 Å². The molecule has 0 rings (SSSR count). The van der Waals surface area contributed by atoms with Gasteiger partial charge in [-0.2, -0.15) is 0 Å². The van der Waals surface area contributed by atoms with Gasteiger partial charge in [-0.15, -0.1) is 0 Å². The fourth-order valence-electron chi connectivity index (χ4n) is 2.14. The SMILES string of the molecule is CC(C)CC(C(=O)O)C(CC(C)C)C(=O)O.CCNCC. The zero-order valence-electron chi connectivity index (χ0n) is 14.3. The summed E-state index contributed by atoms with van der Waals surface area (Å²) in [5.41, 5.74) is 0. The van der Waals surface area contributed by atoms with Crippen LogP contribution in [0.3, 0.4) is 0 Å². The quantitative estimate of drug-likeness (QED) is 0.609. The lowest BCUT2D eigenvalue weighted by Crippen LogP contribution is -2.32. The summed E-state index contributed by atoms with van der Waals surface area (Å²) in [6.07, 6.45) is 0.831. The molecule has 0 aromatic carbocycles. The van der Waals surface area contributed by atoms with Gasteiger partial charge in [-0.3, -0.25) is 9.59 Å². The van der Waals surface area contributed by atoms with Crippen molar-refractivity contribution >= 4 is 11.9 Å². The van der Waals surface area contributed by atoms with Gasteiger partial charge in [-0.05, 0) is 37.8 Å². The van der Waals surface area contributed by atoms with Crippen molar-refractivity contribution in [3.63, 3.8) is 0 Å². The molecule has 5 heteroatoms. The molecule has 0 saturated carbocycles. The van der Waals surface area contributed by atoms with Crippen LogP contribution in [0.25, 0.3) is 0 Å². The van der Waals surface area contributed by atoms with Gasteiger partial charge in [0.15, 0.2) is 0 Å². The number of aliphatic carboxylic acids is 2. The number of carboxylic acids is 2. The highest BCUT2D eigenvalue weighted by molar-refractivity contribution is 5.79. The van der Waals surface area contributed by atoms with Crippen molar-refractivity contribution < 1.29 is 19.8 Å². The number of hydrogen-bond acceptors (Lipinski definition) is 3. The summed E-state index contributed by atoms with van der Waals surface area (Å²) in [7, 11) is 0. The number of carboxylic acid groups (broad SMARTS) is 2. The standard InChI is InChI=1S/C12H22O4.C4H11N/c1-7(2)5-9(11(13)14)10(12(15)16)6-8(3)4;1-3-5-4-2/h7-10H,5-6H2,1-4H3,(H,13,14)(H,15,16);5H,3-4H2,1-2H3. The predicted octanol–water partition coefficient (Wildman–Crippen LogP) is 3.10. The molecule has 0 heterocycles. The first-order valence-electron chi connectivity index (χ1n) is 7.83. The summed E-state index contributed by atoms with van der Waals surface area (Å²) in [4.78, 5) is 22.2. The molecule has 0 amide bonds. The summed E-state index contributed by atoms with van der Waals surface area (Å²) in [6.45, 7) is 14.0. The average Bonchev–Trinajstić information content (AvgIpc) is 2.34. The van der Waals surface area contributed by atoms with Crippen LogP contribution in [0.4, 0.5) is 0 Å². The van der Waals surface area contributed by atoms with Crippen LogP contribution in [-0.2, 0) is 9.59 Å². The zero-order chi connectivity index (χ0) is 17.0. The highest BCUT2D eigenvalue weighted by atomic mass is 16.4. The molecule has 126 valence electrons. The molecule has 0 saturated heterocycles. The third-order valence-corrected chi connectivity index (χ3v) is 3.07. The fraction of sp³-hybridized carbons (Fsp3) is 0.875. The van der Waals surface area contributed by atoms with E-state index in [0.29, 0.717) is 12.8 Å². The Morgan fingerprint density at radius 1 is 0.810 bits per heavy atom. The number of nitrogens with one attached hydrogen (secondary N) is 1. The predicted molar refractivity (Wildman–Crippen MR) is 85.4 cm³/mol. The van der Waals surface area contributed by atoms with Crippen LogP contribution in [0.15, 0.2) is 0 Å². The largest absolute Gasteiger partial charge is 0.481 e. The Hall–Kier alpha value is -1.10. The third-order valence-electron chi connectivity index (χ3n) is 3.07. The normalized spacial score (nSPS) is 13.5. The molecule has 2 unspecified atom stereocenters. The van der Waals surface area contributed by atoms with E-state index in [1.54, 1.807) is 0 Å². The maximum atomic E-state index is 11.1. The van der Waals surface area contributed by atoms with Gasteiger partial charge in [-0.25, -0.2) is 0 Å². The highest BCUT2D eigenvalue weighted by Gasteiger charge is 2.34. The molecular weight excluding hydrogens is 270 g/mol. The molecule has 3 N–H and O–H groups in total. The monoisotopic (exact) mass is 303 g/mol. The van der Waals surface area contributed by atoms with Crippen LogP contribution < -0.4 is 5.32 Å². The van der Waals surface area contributed by atoms with E-state index >= 15 is 0 Å². The van der Waals surface area contributed by atoms with Crippen molar-refractivity contribution in [2.24, 2.45) is 23.7 Å². The average molecular weight is 303 g/mol. The van der Waals surface area contributed by atoms with Gasteiger partial charge in [-0.1, -0.05) is 41.5 Å². The van der Waals surface area contributed by atoms with Gasteiger partial charge in [0.2, 0.25) is 0 Å². The number of rotatable bonds is 9. The smallest absolute Gasteiger partial charge is 0.307 e. The Labute approximate surface area is 129 Å². The van der Waals surface area contributed by atoms with E-state index in [1.807, 2.05) is 27.7 Å². The Morgan fingerprint density at radius 2 is 1.10 bits per heavy atom. The summed E-state index contributed by atoms with van der Waals surface area (Å²) in [6, 6.07) is 0. The van der Waals surface area contributed by atoms with Crippen LogP contribution in [0, 0.1) is 23.7 Å². The Kier molecular flexibility index (Phi) is 13.3. The molecule has 0 aromatic rings. The first kappa shape index (κ1) is 22.2. The van der Waals surface area contributed by atoms with Crippen LogP contribution in [0.5, 0.6) is 0 Å². The van der Waals surface area contributed by atoms with Gasteiger partial charge < -0.3 is 15.5 Å². The molecule has 0 aromatic heterocycles. The van der Waals surface area contributed by atoms with E-state index in [-0.39, 0.29) is 11.8 Å². The van der Waals surface area contributed by atoms with Crippen molar-refractivity contribution in [1.29, 1.82) is 0 Å². The molecule has 0 aliphatic rings. The van der Waals surface area contributed by atoms with Crippen molar-refractivity contribution in [1.82, 2.24) is 5.32 Å². The van der Waals surface area contributed by atoms with Crippen molar-refractivity contribution in [3.8, 4) is 0 Å². The van der Waals surface area contributed by atoms with Crippen LogP contribution in [0.2, 0.25) is 0 Å². The second-order valence-electron chi connectivity index (χ2n) is 6.11. The first-order valence-corrected chi connectivity index (χ1v) is 7.83. The highest BCUT2D eigenvalue weighted by Crippen LogP contribution is 2.27. The van der Waals surface area contributed by atoms with Crippen molar-refractivity contribution in [3.05, 3.63) is 0 Å². The lowest BCUT2D eigenvalue weighted by molar-refractivity contribution is -0.155. The Bertz CT molecular complexity index is 262. The number of hydrogen-bond donors (Lipinski definition) is 3. The second-order valence-corrected chi connectivity index (χ2v) is 6.11. The van der Waals surface area contributed by atoms with E-state index < -0.39 is 23.8 Å². The van der Waals surface area contributed by atoms with Crippen molar-refractivity contribution in [2.75, 3.05) is 13.1 Å².